The predicted molar refractivity (Wildman–Crippen MR) is 113 cm³/mol. The Labute approximate surface area is 202 Å². The summed E-state index contributed by atoms with van der Waals surface area (Å²) in [4.78, 5) is 13.1. The number of anilines is 1. The normalized spacial score (nSPS) is 15.0. The number of benzene rings is 2. The van der Waals surface area contributed by atoms with Crippen molar-refractivity contribution in [2.75, 3.05) is 5.32 Å². The Bertz CT molecular complexity index is 1470. The summed E-state index contributed by atoms with van der Waals surface area (Å²) in [6.45, 7) is 0. The van der Waals surface area contributed by atoms with Crippen LogP contribution in [0.4, 0.5) is 36.4 Å². The number of nitrogens with zero attached hydrogens (tertiary/aromatic N) is 5. The molecule has 15 heteroatoms. The molecule has 0 atom stereocenters. The molecule has 1 fully saturated rings. The SMILES string of the molecule is O=C(Nc1ccc(-n2ccc(C(F)(F)F)n2)c(-c2nnn[nH]2)c1)C1(c2ccc(C(F)(F)F)cc2F)CC1. The first kappa shape index (κ1) is 24.4. The fourth-order valence-electron chi connectivity index (χ4n) is 3.96. The number of carbonyl (C=O) groups excluding carboxylic acids is 1. The number of tetrazole rings is 1. The minimum atomic E-state index is -4.73. The summed E-state index contributed by atoms with van der Waals surface area (Å²) in [6, 6.07) is 6.95. The van der Waals surface area contributed by atoms with Crippen LogP contribution < -0.4 is 5.32 Å². The summed E-state index contributed by atoms with van der Waals surface area (Å²) in [5.74, 6) is -1.74. The monoisotopic (exact) mass is 525 g/mol. The Balaban J connectivity index is 1.46. The number of rotatable bonds is 5. The lowest BCUT2D eigenvalue weighted by Gasteiger charge is -2.18. The van der Waals surface area contributed by atoms with Gasteiger partial charge >= 0.3 is 12.4 Å². The van der Waals surface area contributed by atoms with Gasteiger partial charge in [0.15, 0.2) is 11.5 Å². The van der Waals surface area contributed by atoms with Crippen LogP contribution in [0, 0.1) is 5.82 Å². The molecule has 2 heterocycles. The van der Waals surface area contributed by atoms with Gasteiger partial charge in [-0.3, -0.25) is 4.79 Å². The van der Waals surface area contributed by atoms with Gasteiger partial charge in [-0.05, 0) is 59.7 Å². The average Bonchev–Trinajstić information content (AvgIpc) is 3.21. The van der Waals surface area contributed by atoms with Gasteiger partial charge in [-0.25, -0.2) is 14.2 Å². The van der Waals surface area contributed by atoms with Crippen LogP contribution in [-0.4, -0.2) is 36.3 Å². The lowest BCUT2D eigenvalue weighted by Crippen LogP contribution is -2.29. The van der Waals surface area contributed by atoms with Crippen LogP contribution in [0.5, 0.6) is 0 Å². The van der Waals surface area contributed by atoms with Crippen molar-refractivity contribution >= 4 is 11.6 Å². The smallest absolute Gasteiger partial charge is 0.325 e. The molecule has 5 rings (SSSR count). The molecule has 0 saturated heterocycles. The number of hydrogen-bond acceptors (Lipinski definition) is 5. The highest BCUT2D eigenvalue weighted by Crippen LogP contribution is 2.50. The molecule has 0 radical (unpaired) electrons. The van der Waals surface area contributed by atoms with E-state index >= 15 is 0 Å². The van der Waals surface area contributed by atoms with Crippen molar-refractivity contribution in [2.24, 2.45) is 0 Å². The van der Waals surface area contributed by atoms with Crippen LogP contribution in [0.1, 0.15) is 29.7 Å². The summed E-state index contributed by atoms with van der Waals surface area (Å²) >= 11 is 0. The highest BCUT2D eigenvalue weighted by atomic mass is 19.4. The molecule has 1 saturated carbocycles. The molecule has 37 heavy (non-hydrogen) atoms. The van der Waals surface area contributed by atoms with E-state index < -0.39 is 40.7 Å². The summed E-state index contributed by atoms with van der Waals surface area (Å²) < 4.78 is 93.3. The largest absolute Gasteiger partial charge is 0.435 e. The first-order chi connectivity index (χ1) is 17.4. The Morgan fingerprint density at radius 1 is 1.00 bits per heavy atom. The summed E-state index contributed by atoms with van der Waals surface area (Å²) in [7, 11) is 0. The molecule has 8 nitrogen and oxygen atoms in total. The lowest BCUT2D eigenvalue weighted by atomic mass is 9.93. The van der Waals surface area contributed by atoms with Crippen molar-refractivity contribution in [2.45, 2.75) is 30.6 Å². The third-order valence-corrected chi connectivity index (χ3v) is 5.98. The van der Waals surface area contributed by atoms with E-state index in [1.165, 1.54) is 18.2 Å². The molecule has 2 aromatic heterocycles. The number of halogens is 7. The van der Waals surface area contributed by atoms with Crippen molar-refractivity contribution in [3.63, 3.8) is 0 Å². The first-order valence-corrected chi connectivity index (χ1v) is 10.6. The maximum atomic E-state index is 14.6. The van der Waals surface area contributed by atoms with Gasteiger partial charge in [0.2, 0.25) is 5.91 Å². The van der Waals surface area contributed by atoms with Crippen molar-refractivity contribution in [3.05, 3.63) is 71.3 Å². The van der Waals surface area contributed by atoms with Crippen LogP contribution in [0.3, 0.4) is 0 Å². The topological polar surface area (TPSA) is 101 Å². The van der Waals surface area contributed by atoms with Gasteiger partial charge in [-0.2, -0.15) is 31.4 Å². The molecule has 0 unspecified atom stereocenters. The van der Waals surface area contributed by atoms with Gasteiger partial charge in [0, 0.05) is 23.0 Å². The van der Waals surface area contributed by atoms with Crippen LogP contribution in [0.25, 0.3) is 17.1 Å². The molecule has 0 aliphatic heterocycles. The minimum Gasteiger partial charge on any atom is -0.325 e. The van der Waals surface area contributed by atoms with Gasteiger partial charge in [0.1, 0.15) is 5.82 Å². The third-order valence-electron chi connectivity index (χ3n) is 5.98. The number of amides is 1. The Morgan fingerprint density at radius 2 is 1.76 bits per heavy atom. The number of alkyl halides is 6. The molecule has 1 aliphatic rings. The number of H-pyrrole nitrogens is 1. The number of aromatic amines is 1. The number of carbonyl (C=O) groups is 1. The molecule has 1 amide bonds. The van der Waals surface area contributed by atoms with Gasteiger partial charge in [0.05, 0.1) is 16.7 Å². The standard InChI is InChI=1S/C22H14F7N7O/c23-15-9-11(21(24,25)26)1-3-14(15)20(6-7-20)19(37)30-12-2-4-16(13(10-12)18-31-34-35-32-18)36-8-5-17(33-36)22(27,28)29/h1-5,8-10H,6-7H2,(H,30,37)(H,31,32,34,35). The Hall–Kier alpha value is -4.30. The number of nitrogens with one attached hydrogen (secondary N) is 2. The molecule has 0 bridgehead atoms. The highest BCUT2D eigenvalue weighted by molar-refractivity contribution is 6.02. The second-order valence-electron chi connectivity index (χ2n) is 8.35. The highest BCUT2D eigenvalue weighted by Gasteiger charge is 2.53. The van der Waals surface area contributed by atoms with E-state index in [0.29, 0.717) is 6.07 Å². The zero-order chi connectivity index (χ0) is 26.6. The van der Waals surface area contributed by atoms with Crippen LogP contribution >= 0.6 is 0 Å². The van der Waals surface area contributed by atoms with E-state index in [-0.39, 0.29) is 41.2 Å². The van der Waals surface area contributed by atoms with E-state index in [2.05, 4.69) is 31.0 Å². The maximum Gasteiger partial charge on any atom is 0.435 e. The first-order valence-electron chi connectivity index (χ1n) is 10.6. The predicted octanol–water partition coefficient (Wildman–Crippen LogP) is 4.90. The molecule has 0 spiro atoms. The average molecular weight is 525 g/mol. The minimum absolute atomic E-state index is 0.0603. The molecule has 2 N–H and O–H groups in total. The van der Waals surface area contributed by atoms with Crippen molar-refractivity contribution in [3.8, 4) is 17.1 Å². The fourth-order valence-corrected chi connectivity index (χ4v) is 3.96. The zero-order valence-electron chi connectivity index (χ0n) is 18.3. The van der Waals surface area contributed by atoms with Crippen molar-refractivity contribution in [1.82, 2.24) is 30.4 Å². The van der Waals surface area contributed by atoms with Gasteiger partial charge in [-0.15, -0.1) is 5.10 Å². The molecule has 2 aromatic carbocycles. The molecule has 192 valence electrons. The lowest BCUT2D eigenvalue weighted by molar-refractivity contribution is -0.141. The van der Waals surface area contributed by atoms with E-state index in [1.807, 2.05) is 0 Å². The van der Waals surface area contributed by atoms with Crippen LogP contribution in [0.2, 0.25) is 0 Å². The summed E-state index contributed by atoms with van der Waals surface area (Å²) in [5.41, 5.74) is -3.30. The molecular formula is C22H14F7N7O. The third kappa shape index (κ3) is 4.51. The van der Waals surface area contributed by atoms with Gasteiger partial charge in [0.25, 0.3) is 0 Å². The Morgan fingerprint density at radius 3 is 2.32 bits per heavy atom. The summed E-state index contributed by atoms with van der Waals surface area (Å²) in [6.07, 6.45) is -7.88. The fraction of sp³-hybridized carbons (Fsp3) is 0.227. The molecule has 1 aliphatic carbocycles. The van der Waals surface area contributed by atoms with Crippen LogP contribution in [-0.2, 0) is 22.6 Å². The second-order valence-corrected chi connectivity index (χ2v) is 8.35. The van der Waals surface area contributed by atoms with Gasteiger partial charge < -0.3 is 5.32 Å². The zero-order valence-corrected chi connectivity index (χ0v) is 18.3. The molecule has 4 aromatic rings. The Kier molecular flexibility index (Phi) is 5.53. The van der Waals surface area contributed by atoms with Crippen LogP contribution in [0.15, 0.2) is 48.7 Å². The van der Waals surface area contributed by atoms with Gasteiger partial charge in [-0.1, -0.05) is 6.07 Å². The number of hydrogen-bond donors (Lipinski definition) is 2. The maximum absolute atomic E-state index is 14.6. The van der Waals surface area contributed by atoms with E-state index in [4.69, 9.17) is 0 Å². The van der Waals surface area contributed by atoms with E-state index in [9.17, 15) is 35.5 Å². The summed E-state index contributed by atoms with van der Waals surface area (Å²) in [5, 5.41) is 19.3. The van der Waals surface area contributed by atoms with E-state index in [0.717, 1.165) is 29.1 Å². The second kappa shape index (κ2) is 8.38. The van der Waals surface area contributed by atoms with Crippen molar-refractivity contribution in [1.29, 1.82) is 0 Å². The quantitative estimate of drug-likeness (QED) is 0.361. The molecular weight excluding hydrogens is 511 g/mol. The number of aromatic nitrogens is 6. The van der Waals surface area contributed by atoms with Crippen molar-refractivity contribution < 1.29 is 35.5 Å². The van der Waals surface area contributed by atoms with E-state index in [1.54, 1.807) is 0 Å².